The van der Waals surface area contributed by atoms with E-state index < -0.39 is 5.97 Å². The molecule has 0 saturated carbocycles. The second-order valence-corrected chi connectivity index (χ2v) is 5.86. The molecule has 0 spiro atoms. The zero-order valence-electron chi connectivity index (χ0n) is 15.4. The summed E-state index contributed by atoms with van der Waals surface area (Å²) in [5, 5.41) is 8.39. The third-order valence-corrected chi connectivity index (χ3v) is 3.52. The molecule has 0 aliphatic heterocycles. The van der Waals surface area contributed by atoms with Gasteiger partial charge in [0.2, 0.25) is 0 Å². The van der Waals surface area contributed by atoms with Crippen molar-refractivity contribution in [3.05, 3.63) is 60.8 Å². The standard InChI is InChI=1S/C22H32O3/c1-2-3-4-5-6-7-8-9-10-11-12-13-14-15-16-17-18-21(23)19-20-22(24)25/h10-15,17-20H,2-9,16H2,1H3,(H,24,25). The van der Waals surface area contributed by atoms with E-state index in [0.717, 1.165) is 18.6 Å². The summed E-state index contributed by atoms with van der Waals surface area (Å²) in [5.41, 5.74) is 0. The number of allylic oxidation sites excluding steroid dienone is 9. The fourth-order valence-electron chi connectivity index (χ4n) is 2.15. The summed E-state index contributed by atoms with van der Waals surface area (Å²) in [6.07, 6.45) is 28.2. The maximum Gasteiger partial charge on any atom is 0.328 e. The Morgan fingerprint density at radius 3 is 2.04 bits per heavy atom. The molecule has 0 radical (unpaired) electrons. The molecule has 0 aromatic carbocycles. The van der Waals surface area contributed by atoms with E-state index in [9.17, 15) is 9.59 Å². The van der Waals surface area contributed by atoms with Gasteiger partial charge in [0.15, 0.2) is 5.78 Å². The lowest BCUT2D eigenvalue weighted by Gasteiger charge is -1.98. The van der Waals surface area contributed by atoms with Crippen molar-refractivity contribution in [2.24, 2.45) is 0 Å². The first-order chi connectivity index (χ1) is 12.2. The minimum absolute atomic E-state index is 0.320. The minimum atomic E-state index is -1.12. The SMILES string of the molecule is CCCCCCCCCC=CC=CC=CCC=CC(=O)C=CC(=O)O. The number of unbranched alkanes of at least 4 members (excludes halogenated alkanes) is 7. The highest BCUT2D eigenvalue weighted by atomic mass is 16.4. The lowest BCUT2D eigenvalue weighted by molar-refractivity contribution is -0.131. The Hall–Kier alpha value is -2.16. The fourth-order valence-corrected chi connectivity index (χ4v) is 2.15. The van der Waals surface area contributed by atoms with Gasteiger partial charge in [-0.05, 0) is 31.4 Å². The molecule has 3 heteroatoms. The van der Waals surface area contributed by atoms with Crippen LogP contribution in [-0.4, -0.2) is 16.9 Å². The van der Waals surface area contributed by atoms with Crippen LogP contribution in [0.2, 0.25) is 0 Å². The lowest BCUT2D eigenvalue weighted by atomic mass is 10.1. The Morgan fingerprint density at radius 1 is 0.720 bits per heavy atom. The van der Waals surface area contributed by atoms with Crippen LogP contribution in [0, 0.1) is 0 Å². The van der Waals surface area contributed by atoms with Crippen molar-refractivity contribution in [3.63, 3.8) is 0 Å². The van der Waals surface area contributed by atoms with Gasteiger partial charge < -0.3 is 5.11 Å². The zero-order valence-corrected chi connectivity index (χ0v) is 15.4. The van der Waals surface area contributed by atoms with Gasteiger partial charge in [-0.3, -0.25) is 4.79 Å². The van der Waals surface area contributed by atoms with Gasteiger partial charge in [-0.25, -0.2) is 4.79 Å². The first-order valence-corrected chi connectivity index (χ1v) is 9.26. The second kappa shape index (κ2) is 18.2. The number of ketones is 1. The van der Waals surface area contributed by atoms with Crippen LogP contribution in [0.4, 0.5) is 0 Å². The largest absolute Gasteiger partial charge is 0.478 e. The molecule has 1 N–H and O–H groups in total. The number of hydrogen-bond donors (Lipinski definition) is 1. The normalized spacial score (nSPS) is 12.5. The maximum atomic E-state index is 11.2. The van der Waals surface area contributed by atoms with E-state index in [1.54, 1.807) is 6.08 Å². The number of hydrogen-bond acceptors (Lipinski definition) is 2. The highest BCUT2D eigenvalue weighted by Crippen LogP contribution is 2.08. The van der Waals surface area contributed by atoms with Crippen molar-refractivity contribution >= 4 is 11.8 Å². The molecule has 0 aliphatic carbocycles. The van der Waals surface area contributed by atoms with E-state index in [1.165, 1.54) is 51.0 Å². The minimum Gasteiger partial charge on any atom is -0.478 e. The number of carbonyl (C=O) groups is 2. The number of carboxylic acid groups (broad SMARTS) is 1. The molecule has 0 unspecified atom stereocenters. The van der Waals surface area contributed by atoms with Gasteiger partial charge in [0, 0.05) is 6.08 Å². The van der Waals surface area contributed by atoms with Crippen molar-refractivity contribution < 1.29 is 14.7 Å². The quantitative estimate of drug-likeness (QED) is 0.227. The molecule has 138 valence electrons. The third-order valence-electron chi connectivity index (χ3n) is 3.52. The Balaban J connectivity index is 3.62. The topological polar surface area (TPSA) is 54.4 Å². The molecule has 0 heterocycles. The summed E-state index contributed by atoms with van der Waals surface area (Å²) in [5.74, 6) is -1.44. The van der Waals surface area contributed by atoms with Crippen molar-refractivity contribution in [2.75, 3.05) is 0 Å². The molecule has 0 bridgehead atoms. The Kier molecular flexibility index (Phi) is 16.6. The molecule has 0 aliphatic rings. The van der Waals surface area contributed by atoms with Crippen molar-refractivity contribution in [2.45, 2.75) is 64.7 Å². The maximum absolute atomic E-state index is 11.2. The van der Waals surface area contributed by atoms with Crippen molar-refractivity contribution in [1.82, 2.24) is 0 Å². The van der Waals surface area contributed by atoms with E-state index >= 15 is 0 Å². The summed E-state index contributed by atoms with van der Waals surface area (Å²) in [7, 11) is 0. The van der Waals surface area contributed by atoms with Crippen LogP contribution in [0.1, 0.15) is 64.7 Å². The van der Waals surface area contributed by atoms with E-state index in [2.05, 4.69) is 19.1 Å². The van der Waals surface area contributed by atoms with E-state index in [4.69, 9.17) is 5.11 Å². The number of aliphatic carboxylic acids is 1. The summed E-state index contributed by atoms with van der Waals surface area (Å²) < 4.78 is 0. The van der Waals surface area contributed by atoms with Crippen LogP contribution < -0.4 is 0 Å². The molecule has 0 aromatic rings. The fraction of sp³-hybridized carbons (Fsp3) is 0.455. The highest BCUT2D eigenvalue weighted by molar-refractivity contribution is 6.02. The number of carboxylic acids is 1. The molecule has 3 nitrogen and oxygen atoms in total. The number of rotatable bonds is 15. The second-order valence-electron chi connectivity index (χ2n) is 5.86. The van der Waals surface area contributed by atoms with Gasteiger partial charge in [-0.15, -0.1) is 0 Å². The first kappa shape index (κ1) is 22.8. The van der Waals surface area contributed by atoms with Gasteiger partial charge >= 0.3 is 5.97 Å². The van der Waals surface area contributed by atoms with E-state index in [0.29, 0.717) is 6.42 Å². The van der Waals surface area contributed by atoms with Gasteiger partial charge in [0.25, 0.3) is 0 Å². The van der Waals surface area contributed by atoms with Crippen molar-refractivity contribution in [1.29, 1.82) is 0 Å². The highest BCUT2D eigenvalue weighted by Gasteiger charge is 1.90. The van der Waals surface area contributed by atoms with Crippen LogP contribution in [-0.2, 0) is 9.59 Å². The molecule has 0 rings (SSSR count). The van der Waals surface area contributed by atoms with E-state index in [1.807, 2.05) is 24.3 Å². The predicted molar refractivity (Wildman–Crippen MR) is 106 cm³/mol. The molecule has 0 aromatic heterocycles. The molecular weight excluding hydrogens is 312 g/mol. The zero-order chi connectivity index (χ0) is 18.6. The smallest absolute Gasteiger partial charge is 0.328 e. The Bertz CT molecular complexity index is 493. The van der Waals surface area contributed by atoms with E-state index in [-0.39, 0.29) is 5.78 Å². The molecule has 0 fully saturated rings. The van der Waals surface area contributed by atoms with Gasteiger partial charge in [0.05, 0.1) is 0 Å². The van der Waals surface area contributed by atoms with Crippen LogP contribution >= 0.6 is 0 Å². The Labute approximate surface area is 152 Å². The first-order valence-electron chi connectivity index (χ1n) is 9.26. The molecule has 0 amide bonds. The summed E-state index contributed by atoms with van der Waals surface area (Å²) in [4.78, 5) is 21.5. The van der Waals surface area contributed by atoms with Crippen molar-refractivity contribution in [3.8, 4) is 0 Å². The Morgan fingerprint density at radius 2 is 1.36 bits per heavy atom. The van der Waals surface area contributed by atoms with Crippen LogP contribution in [0.5, 0.6) is 0 Å². The van der Waals surface area contributed by atoms with Crippen LogP contribution in [0.15, 0.2) is 60.8 Å². The molecule has 25 heavy (non-hydrogen) atoms. The van der Waals surface area contributed by atoms with Crippen LogP contribution in [0.25, 0.3) is 0 Å². The molecule has 0 atom stereocenters. The van der Waals surface area contributed by atoms with Gasteiger partial charge in [-0.1, -0.05) is 88.0 Å². The molecular formula is C22H32O3. The van der Waals surface area contributed by atoms with Gasteiger partial charge in [-0.2, -0.15) is 0 Å². The van der Waals surface area contributed by atoms with Gasteiger partial charge in [0.1, 0.15) is 0 Å². The lowest BCUT2D eigenvalue weighted by Crippen LogP contribution is -1.91. The monoisotopic (exact) mass is 344 g/mol. The average molecular weight is 344 g/mol. The predicted octanol–water partition coefficient (Wildman–Crippen LogP) is 5.95. The summed E-state index contributed by atoms with van der Waals surface area (Å²) in [6, 6.07) is 0. The average Bonchev–Trinajstić information content (AvgIpc) is 2.59. The number of carbonyl (C=O) groups excluding carboxylic acids is 1. The third kappa shape index (κ3) is 19.8. The summed E-state index contributed by atoms with van der Waals surface area (Å²) >= 11 is 0. The molecule has 0 saturated heterocycles. The summed E-state index contributed by atoms with van der Waals surface area (Å²) in [6.45, 7) is 2.24. The van der Waals surface area contributed by atoms with Crippen LogP contribution in [0.3, 0.4) is 0 Å².